The number of piperazine rings is 1. The number of benzene rings is 2. The number of carbonyl (C=O) groups excluding carboxylic acids is 2. The molecule has 2 saturated carbocycles. The Morgan fingerprint density at radius 1 is 0.939 bits per heavy atom. The van der Waals surface area contributed by atoms with E-state index in [4.69, 9.17) is 0 Å². The van der Waals surface area contributed by atoms with Gasteiger partial charge in [-0.05, 0) is 61.1 Å². The van der Waals surface area contributed by atoms with Gasteiger partial charge in [-0.15, -0.1) is 0 Å². The third kappa shape index (κ3) is 4.68. The molecule has 174 valence electrons. The van der Waals surface area contributed by atoms with Crippen LogP contribution in [-0.4, -0.2) is 68.0 Å². The average Bonchev–Trinajstić information content (AvgIpc) is 3.56. The second-order valence-corrected chi connectivity index (χ2v) is 10.7. The highest BCUT2D eigenvalue weighted by molar-refractivity contribution is 7.87. The molecule has 2 aliphatic carbocycles. The predicted octanol–water partition coefficient (Wildman–Crippen LogP) is 2.79. The number of rotatable bonds is 6. The number of amides is 2. The maximum atomic E-state index is 12.9. The van der Waals surface area contributed by atoms with Crippen LogP contribution in [0.25, 0.3) is 11.1 Å². The zero-order valence-electron chi connectivity index (χ0n) is 18.5. The fraction of sp³-hybridized carbons (Fsp3) is 0.440. The number of hydrogen-bond donors (Lipinski definition) is 2. The van der Waals surface area contributed by atoms with Crippen molar-refractivity contribution in [2.45, 2.75) is 43.0 Å². The maximum Gasteiger partial charge on any atom is 0.254 e. The highest BCUT2D eigenvalue weighted by Crippen LogP contribution is 2.37. The molecule has 0 spiro atoms. The van der Waals surface area contributed by atoms with Gasteiger partial charge in [-0.25, -0.2) is 4.21 Å². The van der Waals surface area contributed by atoms with Gasteiger partial charge in [0, 0.05) is 37.4 Å². The first-order valence-electron chi connectivity index (χ1n) is 11.6. The zero-order valence-corrected chi connectivity index (χ0v) is 19.4. The Labute approximate surface area is 196 Å². The topological polar surface area (TPSA) is 90.0 Å². The van der Waals surface area contributed by atoms with E-state index in [-0.39, 0.29) is 17.1 Å². The Bertz CT molecular complexity index is 1070. The largest absolute Gasteiger partial charge is 0.380 e. The van der Waals surface area contributed by atoms with E-state index in [1.165, 1.54) is 0 Å². The van der Waals surface area contributed by atoms with Crippen molar-refractivity contribution >= 4 is 28.5 Å². The normalized spacial score (nSPS) is 20.6. The summed E-state index contributed by atoms with van der Waals surface area (Å²) in [6, 6.07) is 15.4. The Morgan fingerprint density at radius 2 is 1.61 bits per heavy atom. The smallest absolute Gasteiger partial charge is 0.254 e. The molecule has 2 aromatic rings. The van der Waals surface area contributed by atoms with Gasteiger partial charge < -0.3 is 19.6 Å². The molecule has 8 heteroatoms. The maximum absolute atomic E-state index is 12.9. The molecular formula is C25H29N3O4S. The minimum absolute atomic E-state index is 0.0508. The zero-order chi connectivity index (χ0) is 23.0. The molecule has 0 radical (unpaired) electrons. The van der Waals surface area contributed by atoms with Crippen LogP contribution in [0.4, 0.5) is 5.69 Å². The van der Waals surface area contributed by atoms with Crippen molar-refractivity contribution in [2.75, 3.05) is 30.9 Å². The summed E-state index contributed by atoms with van der Waals surface area (Å²) in [5.41, 5.74) is 2.27. The van der Waals surface area contributed by atoms with Crippen LogP contribution < -0.4 is 4.72 Å². The van der Waals surface area contributed by atoms with Gasteiger partial charge in [0.2, 0.25) is 0 Å². The molecule has 33 heavy (non-hydrogen) atoms. The lowest BCUT2D eigenvalue weighted by atomic mass is 10.0. The molecule has 1 heterocycles. The van der Waals surface area contributed by atoms with E-state index in [2.05, 4.69) is 4.72 Å². The van der Waals surface area contributed by atoms with Crippen LogP contribution in [0.5, 0.6) is 0 Å². The fourth-order valence-corrected chi connectivity index (χ4v) is 5.56. The van der Waals surface area contributed by atoms with Crippen LogP contribution in [0.15, 0.2) is 48.5 Å². The van der Waals surface area contributed by atoms with E-state index < -0.39 is 16.6 Å². The molecule has 1 unspecified atom stereocenters. The number of nitrogens with zero attached hydrogens (tertiary/aromatic N) is 2. The molecule has 1 saturated heterocycles. The Kier molecular flexibility index (Phi) is 5.97. The van der Waals surface area contributed by atoms with Gasteiger partial charge in [0.1, 0.15) is 16.6 Å². The minimum Gasteiger partial charge on any atom is -0.380 e. The van der Waals surface area contributed by atoms with E-state index in [1.807, 2.05) is 48.5 Å². The van der Waals surface area contributed by atoms with Crippen molar-refractivity contribution < 1.29 is 18.9 Å². The van der Waals surface area contributed by atoms with E-state index in [1.54, 1.807) is 9.80 Å². The number of hydrogen-bond acceptors (Lipinski definition) is 4. The summed E-state index contributed by atoms with van der Waals surface area (Å²) in [5.74, 6) is -0.253. The summed E-state index contributed by atoms with van der Waals surface area (Å²) in [6.07, 6.45) is 4.26. The molecule has 3 fully saturated rings. The average molecular weight is 468 g/mol. The van der Waals surface area contributed by atoms with Gasteiger partial charge in [0.05, 0.1) is 5.25 Å². The van der Waals surface area contributed by atoms with Crippen molar-refractivity contribution in [3.63, 3.8) is 0 Å². The second-order valence-electron chi connectivity index (χ2n) is 9.23. The summed E-state index contributed by atoms with van der Waals surface area (Å²) in [5, 5.41) is 10.3. The van der Waals surface area contributed by atoms with Crippen LogP contribution >= 0.6 is 0 Å². The van der Waals surface area contributed by atoms with Crippen LogP contribution in [0.3, 0.4) is 0 Å². The van der Waals surface area contributed by atoms with Crippen molar-refractivity contribution in [3.8, 4) is 11.1 Å². The molecule has 2 aromatic carbocycles. The molecular weight excluding hydrogens is 438 g/mol. The van der Waals surface area contributed by atoms with Crippen LogP contribution in [0, 0.1) is 0 Å². The molecule has 1 atom stereocenters. The summed E-state index contributed by atoms with van der Waals surface area (Å²) in [4.78, 5) is 28.6. The van der Waals surface area contributed by atoms with Crippen molar-refractivity contribution in [2.24, 2.45) is 0 Å². The van der Waals surface area contributed by atoms with E-state index >= 15 is 0 Å². The predicted molar refractivity (Wildman–Crippen MR) is 128 cm³/mol. The van der Waals surface area contributed by atoms with Crippen molar-refractivity contribution in [1.82, 2.24) is 9.80 Å². The van der Waals surface area contributed by atoms with Gasteiger partial charge in [-0.2, -0.15) is 0 Å². The molecule has 0 aromatic heterocycles. The van der Waals surface area contributed by atoms with Crippen molar-refractivity contribution in [3.05, 3.63) is 54.1 Å². The highest BCUT2D eigenvalue weighted by Gasteiger charge is 2.50. The molecule has 2 amide bonds. The van der Waals surface area contributed by atoms with Crippen LogP contribution in [0.2, 0.25) is 0 Å². The summed E-state index contributed by atoms with van der Waals surface area (Å²) < 4.78 is 15.5. The summed E-state index contributed by atoms with van der Waals surface area (Å²) in [7, 11) is -1.05. The third-order valence-corrected chi connectivity index (χ3v) is 8.39. The molecule has 2 N–H and O–H groups in total. The van der Waals surface area contributed by atoms with Crippen LogP contribution in [0.1, 0.15) is 42.5 Å². The lowest BCUT2D eigenvalue weighted by molar-refractivity contribution is -0.143. The molecule has 3 aliphatic rings. The highest BCUT2D eigenvalue weighted by atomic mass is 32.2. The number of aliphatic hydroxyl groups is 1. The number of nitrogens with one attached hydrogen (secondary N) is 1. The molecule has 7 nitrogen and oxygen atoms in total. The first-order chi connectivity index (χ1) is 15.9. The first kappa shape index (κ1) is 22.1. The van der Waals surface area contributed by atoms with Crippen LogP contribution in [-0.2, 0) is 15.8 Å². The standard InChI is InChI=1S/C25H29N3O4S/c29-23(27-13-15-28(16-14-27)24(30)25(31)11-12-25)19-9-7-18(8-10-19)20-3-1-4-21(17-20)26-33(32)22-5-2-6-22/h1,3-4,7-10,17,22,26,31H,2,5-6,11-16H2. The van der Waals surface area contributed by atoms with Gasteiger partial charge in [-0.3, -0.25) is 9.59 Å². The first-order valence-corrected chi connectivity index (χ1v) is 12.8. The lowest BCUT2D eigenvalue weighted by Crippen LogP contribution is -2.53. The van der Waals surface area contributed by atoms with E-state index in [0.717, 1.165) is 36.1 Å². The number of anilines is 1. The lowest BCUT2D eigenvalue weighted by Gasteiger charge is -2.35. The summed E-state index contributed by atoms with van der Waals surface area (Å²) in [6.45, 7) is 1.84. The molecule has 5 rings (SSSR count). The van der Waals surface area contributed by atoms with Gasteiger partial charge >= 0.3 is 0 Å². The van der Waals surface area contributed by atoms with Crippen molar-refractivity contribution in [1.29, 1.82) is 0 Å². The Balaban J connectivity index is 1.20. The van der Waals surface area contributed by atoms with Gasteiger partial charge in [-0.1, -0.05) is 30.7 Å². The second kappa shape index (κ2) is 8.91. The Hall–Kier alpha value is -2.71. The minimum atomic E-state index is -1.15. The van der Waals surface area contributed by atoms with Gasteiger partial charge in [0.25, 0.3) is 11.8 Å². The summed E-state index contributed by atoms with van der Waals surface area (Å²) >= 11 is 0. The third-order valence-electron chi connectivity index (χ3n) is 6.88. The monoisotopic (exact) mass is 467 g/mol. The molecule has 1 aliphatic heterocycles. The van der Waals surface area contributed by atoms with Gasteiger partial charge in [0.15, 0.2) is 0 Å². The molecule has 0 bridgehead atoms. The Morgan fingerprint density at radius 3 is 2.21 bits per heavy atom. The van der Waals surface area contributed by atoms with E-state index in [9.17, 15) is 18.9 Å². The van der Waals surface area contributed by atoms with E-state index in [0.29, 0.717) is 44.6 Å². The SMILES string of the molecule is O=C(c1ccc(-c2cccc(NS(=O)C3CCC3)c2)cc1)N1CCN(C(=O)C2(O)CC2)CC1. The quantitative estimate of drug-likeness (QED) is 0.684. The number of carbonyl (C=O) groups is 2. The fourth-order valence-electron chi connectivity index (χ4n) is 4.27.